The van der Waals surface area contributed by atoms with Crippen LogP contribution in [0.2, 0.25) is 0 Å². The number of nitrogens with one attached hydrogen (secondary N) is 1. The summed E-state index contributed by atoms with van der Waals surface area (Å²) in [4.78, 5) is 0. The van der Waals surface area contributed by atoms with Gasteiger partial charge in [-0.2, -0.15) is 0 Å². The van der Waals surface area contributed by atoms with Crippen LogP contribution in [-0.4, -0.2) is 19.8 Å². The fraction of sp³-hybridized carbons (Fsp3) is 0.667. The van der Waals surface area contributed by atoms with Crippen LogP contribution in [0.25, 0.3) is 0 Å². The normalized spacial score (nSPS) is 20.8. The minimum absolute atomic E-state index is 0.365. The lowest BCUT2D eigenvalue weighted by atomic mass is 9.99. The van der Waals surface area contributed by atoms with Crippen molar-refractivity contribution >= 4 is 0 Å². The van der Waals surface area contributed by atoms with Crippen molar-refractivity contribution in [3.8, 4) is 11.5 Å². The summed E-state index contributed by atoms with van der Waals surface area (Å²) in [5.74, 6) is 2.62. The molecule has 116 valence electrons. The van der Waals surface area contributed by atoms with Gasteiger partial charge in [-0.05, 0) is 49.9 Å². The molecule has 0 aromatic heterocycles. The Balaban J connectivity index is 1.56. The highest BCUT2D eigenvalue weighted by Crippen LogP contribution is 2.32. The molecule has 0 amide bonds. The van der Waals surface area contributed by atoms with E-state index in [0.29, 0.717) is 19.3 Å². The maximum Gasteiger partial charge on any atom is 0.161 e. The minimum Gasteiger partial charge on any atom is -0.486 e. The summed E-state index contributed by atoms with van der Waals surface area (Å²) in [5.41, 5.74) is 1.29. The Labute approximate surface area is 128 Å². The van der Waals surface area contributed by atoms with Crippen LogP contribution in [-0.2, 0) is 0 Å². The van der Waals surface area contributed by atoms with Crippen molar-refractivity contribution < 1.29 is 9.47 Å². The van der Waals surface area contributed by atoms with E-state index < -0.39 is 0 Å². The van der Waals surface area contributed by atoms with E-state index in [-0.39, 0.29) is 0 Å². The quantitative estimate of drug-likeness (QED) is 0.847. The molecule has 1 heterocycles. The first-order chi connectivity index (χ1) is 10.3. The van der Waals surface area contributed by atoms with E-state index in [1.807, 2.05) is 6.07 Å². The third kappa shape index (κ3) is 3.91. The lowest BCUT2D eigenvalue weighted by Crippen LogP contribution is -2.26. The molecule has 0 saturated heterocycles. The summed E-state index contributed by atoms with van der Waals surface area (Å²) in [7, 11) is 0. The van der Waals surface area contributed by atoms with Crippen LogP contribution in [0.1, 0.15) is 57.1 Å². The standard InChI is InChI=1S/C18H27NO2/c1-14(19-13-15-6-4-2-3-5-7-15)16-8-9-17-18(12-16)21-11-10-20-17/h8-9,12,14-15,19H,2-7,10-11,13H2,1H3. The van der Waals surface area contributed by atoms with E-state index in [2.05, 4.69) is 24.4 Å². The summed E-state index contributed by atoms with van der Waals surface area (Å²) in [6, 6.07) is 6.68. The average molecular weight is 289 g/mol. The molecule has 1 unspecified atom stereocenters. The van der Waals surface area contributed by atoms with Gasteiger partial charge in [0, 0.05) is 6.04 Å². The Kier molecular flexibility index (Phi) is 5.02. The Morgan fingerprint density at radius 1 is 1.05 bits per heavy atom. The van der Waals surface area contributed by atoms with Crippen LogP contribution in [0.15, 0.2) is 18.2 Å². The van der Waals surface area contributed by atoms with Crippen molar-refractivity contribution in [3.63, 3.8) is 0 Å². The molecule has 2 aliphatic rings. The Bertz CT molecular complexity index is 453. The van der Waals surface area contributed by atoms with Crippen molar-refractivity contribution in [3.05, 3.63) is 23.8 Å². The highest BCUT2D eigenvalue weighted by Gasteiger charge is 2.16. The predicted molar refractivity (Wildman–Crippen MR) is 85.0 cm³/mol. The van der Waals surface area contributed by atoms with Gasteiger partial charge in [0.2, 0.25) is 0 Å². The van der Waals surface area contributed by atoms with Crippen LogP contribution in [0.5, 0.6) is 11.5 Å². The second-order valence-corrected chi connectivity index (χ2v) is 6.39. The molecule has 0 spiro atoms. The van der Waals surface area contributed by atoms with Gasteiger partial charge in [0.25, 0.3) is 0 Å². The number of rotatable bonds is 4. The molecule has 1 atom stereocenters. The van der Waals surface area contributed by atoms with Gasteiger partial charge in [-0.3, -0.25) is 0 Å². The van der Waals surface area contributed by atoms with E-state index in [9.17, 15) is 0 Å². The zero-order valence-electron chi connectivity index (χ0n) is 13.1. The lowest BCUT2D eigenvalue weighted by molar-refractivity contribution is 0.171. The molecule has 1 aromatic rings. The smallest absolute Gasteiger partial charge is 0.161 e. The van der Waals surface area contributed by atoms with Crippen LogP contribution in [0, 0.1) is 5.92 Å². The molecule has 1 N–H and O–H groups in total. The highest BCUT2D eigenvalue weighted by atomic mass is 16.6. The fourth-order valence-corrected chi connectivity index (χ4v) is 3.36. The first-order valence-corrected chi connectivity index (χ1v) is 8.46. The fourth-order valence-electron chi connectivity index (χ4n) is 3.36. The highest BCUT2D eigenvalue weighted by molar-refractivity contribution is 5.44. The molecule has 21 heavy (non-hydrogen) atoms. The van der Waals surface area contributed by atoms with Crippen molar-refractivity contribution in [2.75, 3.05) is 19.8 Å². The van der Waals surface area contributed by atoms with Crippen molar-refractivity contribution in [2.45, 2.75) is 51.5 Å². The van der Waals surface area contributed by atoms with Gasteiger partial charge < -0.3 is 14.8 Å². The Hall–Kier alpha value is -1.22. The maximum absolute atomic E-state index is 5.67. The summed E-state index contributed by atoms with van der Waals surface area (Å²) in [5, 5.41) is 3.71. The molecule has 1 aliphatic heterocycles. The maximum atomic E-state index is 5.67. The first-order valence-electron chi connectivity index (χ1n) is 8.46. The Morgan fingerprint density at radius 3 is 2.52 bits per heavy atom. The number of ether oxygens (including phenoxy) is 2. The second kappa shape index (κ2) is 7.17. The third-order valence-electron chi connectivity index (χ3n) is 4.75. The minimum atomic E-state index is 0.365. The third-order valence-corrected chi connectivity index (χ3v) is 4.75. The molecule has 3 rings (SSSR count). The van der Waals surface area contributed by atoms with Crippen LogP contribution in [0.3, 0.4) is 0 Å². The molecular weight excluding hydrogens is 262 g/mol. The van der Waals surface area contributed by atoms with Gasteiger partial charge in [0.1, 0.15) is 13.2 Å². The van der Waals surface area contributed by atoms with Gasteiger partial charge in [0.15, 0.2) is 11.5 Å². The van der Waals surface area contributed by atoms with Crippen LogP contribution < -0.4 is 14.8 Å². The number of hydrogen-bond acceptors (Lipinski definition) is 3. The molecular formula is C18H27NO2. The molecule has 1 fully saturated rings. The van der Waals surface area contributed by atoms with Crippen molar-refractivity contribution in [2.24, 2.45) is 5.92 Å². The molecule has 3 heteroatoms. The van der Waals surface area contributed by atoms with E-state index >= 15 is 0 Å². The van der Waals surface area contributed by atoms with Crippen LogP contribution in [0.4, 0.5) is 0 Å². The SMILES string of the molecule is CC(NCC1CCCCCC1)c1ccc2c(c1)OCCO2. The molecule has 1 saturated carbocycles. The monoisotopic (exact) mass is 289 g/mol. The van der Waals surface area contributed by atoms with Gasteiger partial charge >= 0.3 is 0 Å². The molecule has 0 radical (unpaired) electrons. The first kappa shape index (κ1) is 14.7. The zero-order valence-corrected chi connectivity index (χ0v) is 13.1. The predicted octanol–water partition coefficient (Wildman–Crippen LogP) is 4.08. The van der Waals surface area contributed by atoms with Gasteiger partial charge in [-0.15, -0.1) is 0 Å². The molecule has 1 aromatic carbocycles. The number of fused-ring (bicyclic) bond motifs is 1. The topological polar surface area (TPSA) is 30.5 Å². The van der Waals surface area contributed by atoms with E-state index in [0.717, 1.165) is 24.0 Å². The second-order valence-electron chi connectivity index (χ2n) is 6.39. The van der Waals surface area contributed by atoms with Crippen molar-refractivity contribution in [1.82, 2.24) is 5.32 Å². The average Bonchev–Trinajstić information content (AvgIpc) is 2.81. The zero-order chi connectivity index (χ0) is 14.5. The molecule has 1 aliphatic carbocycles. The van der Waals surface area contributed by atoms with E-state index in [1.165, 1.54) is 44.1 Å². The number of benzene rings is 1. The van der Waals surface area contributed by atoms with Gasteiger partial charge in [-0.1, -0.05) is 31.7 Å². The lowest BCUT2D eigenvalue weighted by Gasteiger charge is -2.22. The molecule has 0 bridgehead atoms. The number of hydrogen-bond donors (Lipinski definition) is 1. The summed E-state index contributed by atoms with van der Waals surface area (Å²) < 4.78 is 11.3. The molecule has 3 nitrogen and oxygen atoms in total. The van der Waals surface area contributed by atoms with Gasteiger partial charge in [-0.25, -0.2) is 0 Å². The summed E-state index contributed by atoms with van der Waals surface area (Å²) in [6.45, 7) is 4.68. The summed E-state index contributed by atoms with van der Waals surface area (Å²) >= 11 is 0. The largest absolute Gasteiger partial charge is 0.486 e. The van der Waals surface area contributed by atoms with E-state index in [4.69, 9.17) is 9.47 Å². The van der Waals surface area contributed by atoms with Crippen molar-refractivity contribution in [1.29, 1.82) is 0 Å². The van der Waals surface area contributed by atoms with E-state index in [1.54, 1.807) is 0 Å². The van der Waals surface area contributed by atoms with Gasteiger partial charge in [0.05, 0.1) is 0 Å². The Morgan fingerprint density at radius 2 is 1.76 bits per heavy atom. The van der Waals surface area contributed by atoms with Crippen LogP contribution >= 0.6 is 0 Å². The summed E-state index contributed by atoms with van der Waals surface area (Å²) in [6.07, 6.45) is 8.44.